The minimum Gasteiger partial charge on any atom is -0.387 e. The molecule has 5 heteroatoms. The second kappa shape index (κ2) is 5.59. The van der Waals surface area contributed by atoms with Gasteiger partial charge in [0.15, 0.2) is 5.13 Å². The molecule has 2 N–H and O–H groups in total. The van der Waals surface area contributed by atoms with Crippen molar-refractivity contribution >= 4 is 22.4 Å². The van der Waals surface area contributed by atoms with Gasteiger partial charge in [-0.15, -0.1) is 11.3 Å². The van der Waals surface area contributed by atoms with Crippen molar-refractivity contribution in [2.75, 3.05) is 5.32 Å². The summed E-state index contributed by atoms with van der Waals surface area (Å²) in [5.41, 5.74) is 0.676. The molecule has 1 aliphatic carbocycles. The van der Waals surface area contributed by atoms with Crippen molar-refractivity contribution in [3.05, 3.63) is 11.1 Å². The van der Waals surface area contributed by atoms with Crippen molar-refractivity contribution in [2.24, 2.45) is 11.3 Å². The van der Waals surface area contributed by atoms with Gasteiger partial charge in [-0.05, 0) is 25.2 Å². The van der Waals surface area contributed by atoms with Gasteiger partial charge in [-0.3, -0.25) is 4.79 Å². The Morgan fingerprint density at radius 3 is 2.89 bits per heavy atom. The fourth-order valence-electron chi connectivity index (χ4n) is 2.71. The van der Waals surface area contributed by atoms with Crippen LogP contribution in [0, 0.1) is 11.3 Å². The Hall–Kier alpha value is -0.940. The van der Waals surface area contributed by atoms with E-state index in [1.54, 1.807) is 12.3 Å². The first kappa shape index (κ1) is 14.5. The van der Waals surface area contributed by atoms with Crippen LogP contribution in [0.5, 0.6) is 0 Å². The molecule has 1 aromatic rings. The van der Waals surface area contributed by atoms with Crippen LogP contribution in [0.4, 0.5) is 5.13 Å². The van der Waals surface area contributed by atoms with E-state index in [2.05, 4.69) is 24.1 Å². The topological polar surface area (TPSA) is 62.2 Å². The van der Waals surface area contributed by atoms with Crippen molar-refractivity contribution in [1.29, 1.82) is 0 Å². The van der Waals surface area contributed by atoms with E-state index in [1.165, 1.54) is 17.8 Å². The fourth-order valence-corrected chi connectivity index (χ4v) is 3.51. The molecule has 2 rings (SSSR count). The maximum atomic E-state index is 12.4. The van der Waals surface area contributed by atoms with Crippen LogP contribution in [0.3, 0.4) is 0 Å². The van der Waals surface area contributed by atoms with Crippen molar-refractivity contribution in [3.63, 3.8) is 0 Å². The van der Waals surface area contributed by atoms with Gasteiger partial charge in [0.25, 0.3) is 0 Å². The number of aliphatic hydroxyl groups is 1. The molecule has 1 amide bonds. The number of nitrogens with one attached hydrogen (secondary N) is 1. The number of hydrogen-bond acceptors (Lipinski definition) is 4. The lowest BCUT2D eigenvalue weighted by Crippen LogP contribution is -2.37. The van der Waals surface area contributed by atoms with Gasteiger partial charge in [0.05, 0.1) is 11.8 Å². The zero-order valence-corrected chi connectivity index (χ0v) is 12.6. The molecule has 0 aliphatic heterocycles. The van der Waals surface area contributed by atoms with Gasteiger partial charge in [0, 0.05) is 11.3 Å². The maximum Gasteiger partial charge on any atom is 0.229 e. The zero-order chi connectivity index (χ0) is 14.0. The highest BCUT2D eigenvalue weighted by atomic mass is 32.1. The summed E-state index contributed by atoms with van der Waals surface area (Å²) < 4.78 is 0. The molecule has 0 bridgehead atoms. The quantitative estimate of drug-likeness (QED) is 0.893. The summed E-state index contributed by atoms with van der Waals surface area (Å²) in [4.78, 5) is 16.6. The largest absolute Gasteiger partial charge is 0.387 e. The minimum absolute atomic E-state index is 0.0557. The zero-order valence-electron chi connectivity index (χ0n) is 11.8. The Morgan fingerprint density at radius 2 is 2.32 bits per heavy atom. The maximum absolute atomic E-state index is 12.4. The van der Waals surface area contributed by atoms with Crippen LogP contribution in [0.1, 0.15) is 58.3 Å². The van der Waals surface area contributed by atoms with Crippen molar-refractivity contribution in [1.82, 2.24) is 4.98 Å². The number of carbonyl (C=O) groups excluding carboxylic acids is 1. The number of hydrogen-bond donors (Lipinski definition) is 2. The lowest BCUT2D eigenvalue weighted by molar-refractivity contribution is -0.124. The van der Waals surface area contributed by atoms with E-state index in [4.69, 9.17) is 0 Å². The van der Waals surface area contributed by atoms with E-state index in [-0.39, 0.29) is 17.2 Å². The van der Waals surface area contributed by atoms with Crippen LogP contribution in [-0.2, 0) is 4.79 Å². The number of carbonyl (C=O) groups is 1. The van der Waals surface area contributed by atoms with Crippen LogP contribution in [0.25, 0.3) is 0 Å². The molecule has 2 atom stereocenters. The van der Waals surface area contributed by atoms with Crippen LogP contribution >= 0.6 is 11.3 Å². The smallest absolute Gasteiger partial charge is 0.229 e. The predicted molar refractivity (Wildman–Crippen MR) is 77.1 cm³/mol. The first-order valence-electron chi connectivity index (χ1n) is 6.84. The molecule has 1 aromatic heterocycles. The SMILES string of the molecule is CC(O)c1csc(NC(=O)C2CCCCC2(C)C)n1. The van der Waals surface area contributed by atoms with E-state index in [1.807, 2.05) is 0 Å². The Morgan fingerprint density at radius 1 is 1.58 bits per heavy atom. The summed E-state index contributed by atoms with van der Waals surface area (Å²) in [5, 5.41) is 14.7. The number of nitrogens with zero attached hydrogens (tertiary/aromatic N) is 1. The van der Waals surface area contributed by atoms with Crippen molar-refractivity contribution < 1.29 is 9.90 Å². The molecule has 1 heterocycles. The molecule has 0 aromatic carbocycles. The van der Waals surface area contributed by atoms with Crippen LogP contribution < -0.4 is 5.32 Å². The van der Waals surface area contributed by atoms with E-state index in [0.29, 0.717) is 10.8 Å². The van der Waals surface area contributed by atoms with Gasteiger partial charge in [-0.25, -0.2) is 4.98 Å². The molecule has 0 saturated heterocycles. The van der Waals surface area contributed by atoms with Gasteiger partial charge in [-0.1, -0.05) is 26.7 Å². The molecule has 19 heavy (non-hydrogen) atoms. The third-order valence-electron chi connectivity index (χ3n) is 4.00. The number of thiazole rings is 1. The molecule has 0 radical (unpaired) electrons. The Balaban J connectivity index is 2.03. The van der Waals surface area contributed by atoms with Crippen molar-refractivity contribution in [2.45, 2.75) is 52.6 Å². The van der Waals surface area contributed by atoms with E-state index >= 15 is 0 Å². The third kappa shape index (κ3) is 3.34. The number of aliphatic hydroxyl groups excluding tert-OH is 1. The highest BCUT2D eigenvalue weighted by molar-refractivity contribution is 7.13. The molecule has 2 unspecified atom stereocenters. The number of aromatic nitrogens is 1. The summed E-state index contributed by atoms with van der Waals surface area (Å²) in [5.74, 6) is 0.122. The molecule has 106 valence electrons. The van der Waals surface area contributed by atoms with E-state index < -0.39 is 6.10 Å². The molecule has 1 saturated carbocycles. The third-order valence-corrected chi connectivity index (χ3v) is 4.78. The molecular formula is C14H22N2O2S. The lowest BCUT2D eigenvalue weighted by atomic mass is 9.68. The second-order valence-corrected chi connectivity index (χ2v) is 6.89. The van der Waals surface area contributed by atoms with Gasteiger partial charge >= 0.3 is 0 Å². The van der Waals surface area contributed by atoms with Gasteiger partial charge in [0.1, 0.15) is 0 Å². The normalized spacial score (nSPS) is 23.9. The fraction of sp³-hybridized carbons (Fsp3) is 0.714. The second-order valence-electron chi connectivity index (χ2n) is 6.03. The summed E-state index contributed by atoms with van der Waals surface area (Å²) in [6, 6.07) is 0. The average molecular weight is 282 g/mol. The van der Waals surface area contributed by atoms with Gasteiger partial charge < -0.3 is 10.4 Å². The summed E-state index contributed by atoms with van der Waals surface area (Å²) in [6.45, 7) is 6.00. The molecule has 1 fully saturated rings. The Kier molecular flexibility index (Phi) is 4.26. The van der Waals surface area contributed by atoms with Crippen LogP contribution in [-0.4, -0.2) is 16.0 Å². The number of anilines is 1. The highest BCUT2D eigenvalue weighted by Crippen LogP contribution is 2.41. The standard InChI is InChI=1S/C14H22N2O2S/c1-9(17)11-8-19-13(15-11)16-12(18)10-6-4-5-7-14(10,2)3/h8-10,17H,4-7H2,1-3H3,(H,15,16,18). The Bertz CT molecular complexity index is 454. The summed E-state index contributed by atoms with van der Waals surface area (Å²) in [7, 11) is 0. The molecule has 4 nitrogen and oxygen atoms in total. The summed E-state index contributed by atoms with van der Waals surface area (Å²) in [6.07, 6.45) is 3.79. The first-order chi connectivity index (χ1) is 8.90. The summed E-state index contributed by atoms with van der Waals surface area (Å²) >= 11 is 1.37. The number of rotatable bonds is 3. The van der Waals surface area contributed by atoms with Crippen LogP contribution in [0.15, 0.2) is 5.38 Å². The minimum atomic E-state index is -0.590. The van der Waals surface area contributed by atoms with E-state index in [0.717, 1.165) is 19.3 Å². The Labute approximate surface area is 118 Å². The predicted octanol–water partition coefficient (Wildman–Crippen LogP) is 3.35. The van der Waals surface area contributed by atoms with Crippen LogP contribution in [0.2, 0.25) is 0 Å². The van der Waals surface area contributed by atoms with Gasteiger partial charge in [-0.2, -0.15) is 0 Å². The number of amides is 1. The molecule has 1 aliphatic rings. The average Bonchev–Trinajstić information content (AvgIpc) is 2.76. The van der Waals surface area contributed by atoms with Gasteiger partial charge in [0.2, 0.25) is 5.91 Å². The van der Waals surface area contributed by atoms with E-state index in [9.17, 15) is 9.90 Å². The lowest BCUT2D eigenvalue weighted by Gasteiger charge is -2.37. The monoisotopic (exact) mass is 282 g/mol. The molecular weight excluding hydrogens is 260 g/mol. The first-order valence-corrected chi connectivity index (χ1v) is 7.72. The molecule has 0 spiro atoms. The highest BCUT2D eigenvalue weighted by Gasteiger charge is 2.37. The van der Waals surface area contributed by atoms with Crippen molar-refractivity contribution in [3.8, 4) is 0 Å².